The number of rotatable bonds is 5. The average molecular weight is 284 g/mol. The van der Waals surface area contributed by atoms with Crippen molar-refractivity contribution in [1.29, 1.82) is 0 Å². The Balaban J connectivity index is 2.25. The van der Waals surface area contributed by atoms with Gasteiger partial charge in [0.2, 0.25) is 0 Å². The Kier molecular flexibility index (Phi) is 3.79. The van der Waals surface area contributed by atoms with Gasteiger partial charge in [0.05, 0.1) is 0 Å². The molecule has 0 unspecified atom stereocenters. The van der Waals surface area contributed by atoms with Crippen molar-refractivity contribution < 1.29 is 0 Å². The van der Waals surface area contributed by atoms with Crippen LogP contribution in [0.15, 0.2) is 10.7 Å². The molecule has 0 atom stereocenters. The summed E-state index contributed by atoms with van der Waals surface area (Å²) in [4.78, 5) is 11.4. The van der Waals surface area contributed by atoms with E-state index in [1.165, 1.54) is 19.3 Å². The Labute approximate surface area is 105 Å². The fourth-order valence-electron chi connectivity index (χ4n) is 1.87. The van der Waals surface area contributed by atoms with Crippen LogP contribution in [0.25, 0.3) is 0 Å². The Hall–Kier alpha value is -0.640. The van der Waals surface area contributed by atoms with Crippen molar-refractivity contribution in [3.8, 4) is 0 Å². The SMILES string of the molecule is CCCN(c1cc(Br)nc(CC)n1)C1CC1. The quantitative estimate of drug-likeness (QED) is 0.778. The topological polar surface area (TPSA) is 29.0 Å². The van der Waals surface area contributed by atoms with E-state index in [9.17, 15) is 0 Å². The second kappa shape index (κ2) is 5.13. The van der Waals surface area contributed by atoms with Gasteiger partial charge >= 0.3 is 0 Å². The fraction of sp³-hybridized carbons (Fsp3) is 0.667. The third kappa shape index (κ3) is 2.73. The second-order valence-electron chi connectivity index (χ2n) is 4.24. The Bertz CT molecular complexity index is 363. The molecule has 0 spiro atoms. The molecule has 1 aromatic heterocycles. The summed E-state index contributed by atoms with van der Waals surface area (Å²) in [6.07, 6.45) is 4.67. The highest BCUT2D eigenvalue weighted by atomic mass is 79.9. The van der Waals surface area contributed by atoms with E-state index in [-0.39, 0.29) is 0 Å². The van der Waals surface area contributed by atoms with Gasteiger partial charge in [-0.15, -0.1) is 0 Å². The number of nitrogens with zero attached hydrogens (tertiary/aromatic N) is 3. The molecule has 1 fully saturated rings. The molecule has 1 aromatic rings. The summed E-state index contributed by atoms with van der Waals surface area (Å²) in [5.41, 5.74) is 0. The minimum atomic E-state index is 0.714. The highest BCUT2D eigenvalue weighted by molar-refractivity contribution is 9.10. The molecule has 2 rings (SSSR count). The summed E-state index contributed by atoms with van der Waals surface area (Å²) < 4.78 is 0.899. The number of aromatic nitrogens is 2. The van der Waals surface area contributed by atoms with Crippen LogP contribution < -0.4 is 4.90 Å². The van der Waals surface area contributed by atoms with Crippen LogP contribution in [-0.4, -0.2) is 22.6 Å². The molecule has 0 aliphatic heterocycles. The molecule has 1 aliphatic rings. The maximum absolute atomic E-state index is 4.62. The molecule has 1 saturated carbocycles. The first-order valence-electron chi connectivity index (χ1n) is 6.04. The van der Waals surface area contributed by atoms with Crippen molar-refractivity contribution in [2.45, 2.75) is 45.6 Å². The van der Waals surface area contributed by atoms with E-state index in [4.69, 9.17) is 0 Å². The van der Waals surface area contributed by atoms with Crippen LogP contribution in [0.3, 0.4) is 0 Å². The minimum Gasteiger partial charge on any atom is -0.354 e. The van der Waals surface area contributed by atoms with E-state index in [2.05, 4.69) is 44.6 Å². The summed E-state index contributed by atoms with van der Waals surface area (Å²) in [6, 6.07) is 2.75. The van der Waals surface area contributed by atoms with Gasteiger partial charge in [0.1, 0.15) is 16.2 Å². The number of halogens is 1. The second-order valence-corrected chi connectivity index (χ2v) is 5.06. The van der Waals surface area contributed by atoms with Crippen molar-refractivity contribution in [2.24, 2.45) is 0 Å². The first-order chi connectivity index (χ1) is 7.74. The predicted molar refractivity (Wildman–Crippen MR) is 69.8 cm³/mol. The summed E-state index contributed by atoms with van der Waals surface area (Å²) in [6.45, 7) is 5.40. The third-order valence-electron chi connectivity index (χ3n) is 2.79. The molecule has 16 heavy (non-hydrogen) atoms. The molecular formula is C12H18BrN3. The first-order valence-corrected chi connectivity index (χ1v) is 6.84. The van der Waals surface area contributed by atoms with E-state index in [1.807, 2.05) is 6.07 Å². The van der Waals surface area contributed by atoms with Gasteiger partial charge in [-0.1, -0.05) is 13.8 Å². The van der Waals surface area contributed by atoms with Crippen molar-refractivity contribution in [3.63, 3.8) is 0 Å². The van der Waals surface area contributed by atoms with E-state index in [0.717, 1.165) is 29.2 Å². The number of hydrogen-bond acceptors (Lipinski definition) is 3. The van der Waals surface area contributed by atoms with Crippen LogP contribution in [0.4, 0.5) is 5.82 Å². The van der Waals surface area contributed by atoms with Crippen LogP contribution in [-0.2, 0) is 6.42 Å². The zero-order valence-corrected chi connectivity index (χ0v) is 11.5. The predicted octanol–water partition coefficient (Wildman–Crippen LogP) is 3.18. The Morgan fingerprint density at radius 3 is 2.69 bits per heavy atom. The molecular weight excluding hydrogens is 266 g/mol. The maximum Gasteiger partial charge on any atom is 0.133 e. The minimum absolute atomic E-state index is 0.714. The van der Waals surface area contributed by atoms with Gasteiger partial charge in [0, 0.05) is 25.1 Å². The normalized spacial score (nSPS) is 15.2. The zero-order valence-electron chi connectivity index (χ0n) is 9.91. The third-order valence-corrected chi connectivity index (χ3v) is 3.20. The van der Waals surface area contributed by atoms with Crippen molar-refractivity contribution in [3.05, 3.63) is 16.5 Å². The van der Waals surface area contributed by atoms with E-state index in [0.29, 0.717) is 6.04 Å². The number of aryl methyl sites for hydroxylation is 1. The van der Waals surface area contributed by atoms with Crippen LogP contribution in [0, 0.1) is 0 Å². The summed E-state index contributed by atoms with van der Waals surface area (Å²) >= 11 is 3.46. The molecule has 0 amide bonds. The molecule has 0 radical (unpaired) electrons. The van der Waals surface area contributed by atoms with Crippen LogP contribution in [0.1, 0.15) is 38.9 Å². The lowest BCUT2D eigenvalue weighted by Gasteiger charge is -2.23. The number of hydrogen-bond donors (Lipinski definition) is 0. The van der Waals surface area contributed by atoms with Gasteiger partial charge in [-0.3, -0.25) is 0 Å². The Morgan fingerprint density at radius 2 is 2.12 bits per heavy atom. The lowest BCUT2D eigenvalue weighted by molar-refractivity contribution is 0.740. The summed E-state index contributed by atoms with van der Waals surface area (Å²) in [5, 5.41) is 0. The molecule has 3 nitrogen and oxygen atoms in total. The van der Waals surface area contributed by atoms with Crippen molar-refractivity contribution in [2.75, 3.05) is 11.4 Å². The average Bonchev–Trinajstić information content (AvgIpc) is 3.08. The molecule has 1 heterocycles. The molecule has 0 N–H and O–H groups in total. The monoisotopic (exact) mass is 283 g/mol. The molecule has 0 saturated heterocycles. The fourth-order valence-corrected chi connectivity index (χ4v) is 2.28. The first kappa shape index (κ1) is 11.8. The van der Waals surface area contributed by atoms with Gasteiger partial charge in [-0.25, -0.2) is 9.97 Å². The smallest absolute Gasteiger partial charge is 0.133 e. The van der Waals surface area contributed by atoms with Gasteiger partial charge < -0.3 is 4.90 Å². The zero-order chi connectivity index (χ0) is 11.5. The lowest BCUT2D eigenvalue weighted by atomic mass is 10.3. The van der Waals surface area contributed by atoms with E-state index in [1.54, 1.807) is 0 Å². The van der Waals surface area contributed by atoms with Crippen LogP contribution in [0.5, 0.6) is 0 Å². The van der Waals surface area contributed by atoms with Gasteiger partial charge in [-0.05, 0) is 35.2 Å². The standard InChI is InChI=1S/C12H18BrN3/c1-3-7-16(9-5-6-9)12-8-10(13)14-11(4-2)15-12/h8-9H,3-7H2,1-2H3. The summed E-state index contributed by atoms with van der Waals surface area (Å²) in [7, 11) is 0. The lowest BCUT2D eigenvalue weighted by Crippen LogP contribution is -2.27. The van der Waals surface area contributed by atoms with Gasteiger partial charge in [0.25, 0.3) is 0 Å². The molecule has 1 aliphatic carbocycles. The highest BCUT2D eigenvalue weighted by Gasteiger charge is 2.29. The summed E-state index contributed by atoms with van der Waals surface area (Å²) in [5.74, 6) is 2.01. The molecule has 0 bridgehead atoms. The van der Waals surface area contributed by atoms with Crippen molar-refractivity contribution >= 4 is 21.7 Å². The molecule has 0 aromatic carbocycles. The van der Waals surface area contributed by atoms with Crippen molar-refractivity contribution in [1.82, 2.24) is 9.97 Å². The molecule has 88 valence electrons. The highest BCUT2D eigenvalue weighted by Crippen LogP contribution is 2.31. The van der Waals surface area contributed by atoms with Gasteiger partial charge in [0.15, 0.2) is 0 Å². The largest absolute Gasteiger partial charge is 0.354 e. The number of anilines is 1. The van der Waals surface area contributed by atoms with E-state index < -0.39 is 0 Å². The van der Waals surface area contributed by atoms with Crippen LogP contribution >= 0.6 is 15.9 Å². The maximum atomic E-state index is 4.62. The van der Waals surface area contributed by atoms with Crippen LogP contribution in [0.2, 0.25) is 0 Å². The molecule has 4 heteroatoms. The Morgan fingerprint density at radius 1 is 1.38 bits per heavy atom. The van der Waals surface area contributed by atoms with Gasteiger partial charge in [-0.2, -0.15) is 0 Å². The van der Waals surface area contributed by atoms with E-state index >= 15 is 0 Å².